The van der Waals surface area contributed by atoms with E-state index in [1.807, 2.05) is 6.92 Å². The molecule has 4 heteroatoms. The van der Waals surface area contributed by atoms with Crippen LogP contribution < -0.4 is 5.32 Å². The van der Waals surface area contributed by atoms with E-state index in [1.165, 1.54) is 12.8 Å². The maximum absolute atomic E-state index is 11.9. The van der Waals surface area contributed by atoms with Gasteiger partial charge < -0.3 is 10.4 Å². The minimum Gasteiger partial charge on any atom is -0.388 e. The number of nitrogens with one attached hydrogen (secondary N) is 1. The first-order valence-electron chi connectivity index (χ1n) is 7.54. The van der Waals surface area contributed by atoms with Crippen molar-refractivity contribution in [2.75, 3.05) is 19.6 Å². The van der Waals surface area contributed by atoms with E-state index in [0.29, 0.717) is 19.0 Å². The Morgan fingerprint density at radius 2 is 1.89 bits per heavy atom. The molecule has 0 aromatic rings. The number of nitrogens with zero attached hydrogens (tertiary/aromatic N) is 1. The van der Waals surface area contributed by atoms with Crippen molar-refractivity contribution in [3.8, 4) is 0 Å². The number of aliphatic hydroxyl groups is 1. The number of rotatable bonds is 4. The van der Waals surface area contributed by atoms with Gasteiger partial charge in [-0.15, -0.1) is 0 Å². The van der Waals surface area contributed by atoms with E-state index in [9.17, 15) is 9.90 Å². The first kappa shape index (κ1) is 14.8. The van der Waals surface area contributed by atoms with Crippen molar-refractivity contribution in [3.63, 3.8) is 0 Å². The topological polar surface area (TPSA) is 52.6 Å². The molecule has 0 radical (unpaired) electrons. The van der Waals surface area contributed by atoms with Gasteiger partial charge in [-0.1, -0.05) is 26.7 Å². The van der Waals surface area contributed by atoms with Crippen molar-refractivity contribution in [1.82, 2.24) is 10.2 Å². The van der Waals surface area contributed by atoms with Gasteiger partial charge in [-0.25, -0.2) is 0 Å². The van der Waals surface area contributed by atoms with Gasteiger partial charge in [0, 0.05) is 37.5 Å². The first-order valence-corrected chi connectivity index (χ1v) is 7.54. The Hall–Kier alpha value is -0.610. The van der Waals surface area contributed by atoms with E-state index in [0.717, 1.165) is 25.9 Å². The summed E-state index contributed by atoms with van der Waals surface area (Å²) in [6.07, 6.45) is 5.30. The van der Waals surface area contributed by atoms with Crippen molar-refractivity contribution >= 4 is 5.91 Å². The minimum absolute atomic E-state index is 0.102. The zero-order valence-corrected chi connectivity index (χ0v) is 12.5. The van der Waals surface area contributed by atoms with Crippen LogP contribution in [0.15, 0.2) is 0 Å². The van der Waals surface area contributed by atoms with Crippen molar-refractivity contribution in [2.24, 2.45) is 5.41 Å². The van der Waals surface area contributed by atoms with Crippen LogP contribution in [0.5, 0.6) is 0 Å². The summed E-state index contributed by atoms with van der Waals surface area (Å²) in [6.45, 7) is 8.34. The monoisotopic (exact) mass is 268 g/mol. The van der Waals surface area contributed by atoms with Crippen LogP contribution in [0.4, 0.5) is 0 Å². The van der Waals surface area contributed by atoms with Crippen LogP contribution in [-0.2, 0) is 4.79 Å². The van der Waals surface area contributed by atoms with Gasteiger partial charge in [0.2, 0.25) is 5.91 Å². The summed E-state index contributed by atoms with van der Waals surface area (Å²) in [6, 6.07) is 0.408. The van der Waals surface area contributed by atoms with Gasteiger partial charge in [-0.3, -0.25) is 9.69 Å². The number of likely N-dealkylation sites (tertiary alicyclic amines) is 1. The lowest BCUT2D eigenvalue weighted by Crippen LogP contribution is -2.40. The number of carbonyl (C=O) groups is 1. The highest BCUT2D eigenvalue weighted by Crippen LogP contribution is 2.38. The Morgan fingerprint density at radius 1 is 1.26 bits per heavy atom. The van der Waals surface area contributed by atoms with Crippen molar-refractivity contribution in [3.05, 3.63) is 0 Å². The second-order valence-electron chi connectivity index (χ2n) is 7.17. The Balaban J connectivity index is 1.73. The third-order valence-electron chi connectivity index (χ3n) is 4.98. The average Bonchev–Trinajstić information content (AvgIpc) is 2.83. The van der Waals surface area contributed by atoms with Gasteiger partial charge in [-0.05, 0) is 19.8 Å². The predicted octanol–water partition coefficient (Wildman–Crippen LogP) is 1.53. The summed E-state index contributed by atoms with van der Waals surface area (Å²) in [4.78, 5) is 14.1. The molecule has 1 aliphatic carbocycles. The van der Waals surface area contributed by atoms with E-state index in [-0.39, 0.29) is 11.3 Å². The highest BCUT2D eigenvalue weighted by atomic mass is 16.3. The molecule has 1 heterocycles. The summed E-state index contributed by atoms with van der Waals surface area (Å²) in [7, 11) is 0. The molecule has 1 saturated carbocycles. The lowest BCUT2D eigenvalue weighted by Gasteiger charge is -2.31. The fraction of sp³-hybridized carbons (Fsp3) is 0.933. The molecule has 110 valence electrons. The fourth-order valence-electron chi connectivity index (χ4n) is 3.22. The Morgan fingerprint density at radius 3 is 2.42 bits per heavy atom. The molecule has 1 atom stereocenters. The third-order valence-corrected chi connectivity index (χ3v) is 4.98. The first-order chi connectivity index (χ1) is 8.80. The molecular weight excluding hydrogens is 240 g/mol. The van der Waals surface area contributed by atoms with Crippen LogP contribution in [0.2, 0.25) is 0 Å². The Labute approximate surface area is 116 Å². The third kappa shape index (κ3) is 3.48. The number of amides is 1. The normalized spacial score (nSPS) is 31.8. The van der Waals surface area contributed by atoms with Crippen LogP contribution in [0, 0.1) is 5.41 Å². The average molecular weight is 268 g/mol. The van der Waals surface area contributed by atoms with Crippen LogP contribution in [0.3, 0.4) is 0 Å². The van der Waals surface area contributed by atoms with Crippen LogP contribution >= 0.6 is 0 Å². The lowest BCUT2D eigenvalue weighted by atomic mass is 9.79. The molecule has 0 aromatic carbocycles. The van der Waals surface area contributed by atoms with E-state index < -0.39 is 5.60 Å². The maximum Gasteiger partial charge on any atom is 0.221 e. The molecule has 0 unspecified atom stereocenters. The maximum atomic E-state index is 11.9. The molecular formula is C15H28N2O2. The summed E-state index contributed by atoms with van der Waals surface area (Å²) < 4.78 is 0. The Kier molecular flexibility index (Phi) is 4.21. The smallest absolute Gasteiger partial charge is 0.221 e. The van der Waals surface area contributed by atoms with E-state index in [4.69, 9.17) is 0 Å². The zero-order chi connectivity index (χ0) is 14.1. The minimum atomic E-state index is -0.658. The molecule has 2 N–H and O–H groups in total. The van der Waals surface area contributed by atoms with E-state index in [2.05, 4.69) is 24.1 Å². The lowest BCUT2D eigenvalue weighted by molar-refractivity contribution is -0.122. The fourth-order valence-corrected chi connectivity index (χ4v) is 3.22. The van der Waals surface area contributed by atoms with Gasteiger partial charge in [0.25, 0.3) is 0 Å². The summed E-state index contributed by atoms with van der Waals surface area (Å²) in [5.74, 6) is 0.163. The number of hydrogen-bond acceptors (Lipinski definition) is 3. The molecule has 2 aliphatic rings. The van der Waals surface area contributed by atoms with Crippen molar-refractivity contribution in [1.29, 1.82) is 0 Å². The zero-order valence-electron chi connectivity index (χ0n) is 12.5. The highest BCUT2D eigenvalue weighted by molar-refractivity contribution is 5.76. The van der Waals surface area contributed by atoms with Crippen molar-refractivity contribution < 1.29 is 9.90 Å². The summed E-state index contributed by atoms with van der Waals surface area (Å²) in [5, 5.41) is 13.5. The van der Waals surface area contributed by atoms with Gasteiger partial charge in [0.05, 0.1) is 5.60 Å². The van der Waals surface area contributed by atoms with E-state index >= 15 is 0 Å². The number of hydrogen-bond donors (Lipinski definition) is 2. The van der Waals surface area contributed by atoms with E-state index in [1.54, 1.807) is 0 Å². The molecule has 19 heavy (non-hydrogen) atoms. The predicted molar refractivity (Wildman–Crippen MR) is 75.9 cm³/mol. The SMILES string of the molecule is CC1(C)CN(CCC(=O)NC2CCCC2)C[C@]1(C)O. The van der Waals surface area contributed by atoms with Crippen LogP contribution in [0.25, 0.3) is 0 Å². The van der Waals surface area contributed by atoms with Crippen LogP contribution in [-0.4, -0.2) is 47.2 Å². The molecule has 1 aliphatic heterocycles. The number of carbonyl (C=O) groups excluding carboxylic acids is 1. The van der Waals surface area contributed by atoms with Gasteiger partial charge in [0.1, 0.15) is 0 Å². The van der Waals surface area contributed by atoms with Crippen LogP contribution in [0.1, 0.15) is 52.9 Å². The highest BCUT2D eigenvalue weighted by Gasteiger charge is 2.47. The standard InChI is InChI=1S/C15H28N2O2/c1-14(2)10-17(11-15(14,3)19)9-8-13(18)16-12-6-4-5-7-12/h12,19H,4-11H2,1-3H3,(H,16,18)/t15-/m0/s1. The number of β-amino-alcohol motifs (C(OH)–C–C–N with tert-alkyl or cyclic N) is 1. The molecule has 2 rings (SSSR count). The molecule has 1 amide bonds. The van der Waals surface area contributed by atoms with Gasteiger partial charge in [0.15, 0.2) is 0 Å². The molecule has 1 saturated heterocycles. The second-order valence-corrected chi connectivity index (χ2v) is 7.17. The molecule has 2 fully saturated rings. The van der Waals surface area contributed by atoms with Gasteiger partial charge in [-0.2, -0.15) is 0 Å². The molecule has 0 spiro atoms. The van der Waals surface area contributed by atoms with Crippen molar-refractivity contribution in [2.45, 2.75) is 64.5 Å². The molecule has 0 aromatic heterocycles. The molecule has 4 nitrogen and oxygen atoms in total. The van der Waals surface area contributed by atoms with Gasteiger partial charge >= 0.3 is 0 Å². The summed E-state index contributed by atoms with van der Waals surface area (Å²) >= 11 is 0. The summed E-state index contributed by atoms with van der Waals surface area (Å²) in [5.41, 5.74) is -0.760. The quantitative estimate of drug-likeness (QED) is 0.813. The second kappa shape index (κ2) is 5.41. The largest absolute Gasteiger partial charge is 0.388 e. The Bertz CT molecular complexity index is 317. The molecule has 0 bridgehead atoms.